The van der Waals surface area contributed by atoms with Gasteiger partial charge in [-0.3, -0.25) is 9.78 Å². The van der Waals surface area contributed by atoms with Gasteiger partial charge in [-0.2, -0.15) is 0 Å². The van der Waals surface area contributed by atoms with Crippen LogP contribution in [0.4, 0.5) is 0 Å². The van der Waals surface area contributed by atoms with E-state index in [-0.39, 0.29) is 30.5 Å². The summed E-state index contributed by atoms with van der Waals surface area (Å²) >= 11 is 0. The molecule has 0 atom stereocenters. The number of nitrogens with two attached hydrogens (primary N) is 1. The van der Waals surface area contributed by atoms with E-state index in [0.29, 0.717) is 11.3 Å². The minimum Gasteiger partial charge on any atom is -0.351 e. The smallest absolute Gasteiger partial charge is 0.251 e. The van der Waals surface area contributed by atoms with Gasteiger partial charge in [0.1, 0.15) is 0 Å². The van der Waals surface area contributed by atoms with Crippen LogP contribution in [0.2, 0.25) is 0 Å². The first-order valence-corrected chi connectivity index (χ1v) is 7.44. The minimum atomic E-state index is -3.06. The van der Waals surface area contributed by atoms with Crippen LogP contribution >= 0.6 is 0 Å². The molecular formula is C11H17N3O3S. The lowest BCUT2D eigenvalue weighted by Gasteiger charge is -2.06. The van der Waals surface area contributed by atoms with E-state index in [1.165, 1.54) is 6.20 Å². The monoisotopic (exact) mass is 271 g/mol. The summed E-state index contributed by atoms with van der Waals surface area (Å²) < 4.78 is 22.5. The fourth-order valence-electron chi connectivity index (χ4n) is 1.30. The molecule has 3 N–H and O–H groups in total. The molecule has 0 aliphatic heterocycles. The summed E-state index contributed by atoms with van der Waals surface area (Å²) in [5, 5.41) is 2.55. The minimum absolute atomic E-state index is 0.0515. The highest BCUT2D eigenvalue weighted by Gasteiger charge is 2.10. The molecule has 100 valence electrons. The number of nitrogens with one attached hydrogen (secondary N) is 1. The highest BCUT2D eigenvalue weighted by atomic mass is 32.2. The van der Waals surface area contributed by atoms with Crippen LogP contribution in [-0.2, 0) is 16.4 Å². The Balaban J connectivity index is 2.55. The number of sulfone groups is 1. The Morgan fingerprint density at radius 1 is 1.50 bits per heavy atom. The molecule has 0 unspecified atom stereocenters. The summed E-state index contributed by atoms with van der Waals surface area (Å²) in [6, 6.07) is 3.15. The maximum atomic E-state index is 11.7. The molecule has 1 aromatic rings. The number of amides is 1. The Bertz CT molecular complexity index is 514. The second kappa shape index (κ2) is 6.46. The van der Waals surface area contributed by atoms with Gasteiger partial charge < -0.3 is 11.1 Å². The van der Waals surface area contributed by atoms with Gasteiger partial charge in [-0.1, -0.05) is 6.92 Å². The normalized spacial score (nSPS) is 11.2. The van der Waals surface area contributed by atoms with Gasteiger partial charge in [0.05, 0.1) is 11.4 Å². The van der Waals surface area contributed by atoms with Gasteiger partial charge >= 0.3 is 0 Å². The molecule has 0 aliphatic rings. The van der Waals surface area contributed by atoms with E-state index in [0.717, 1.165) is 0 Å². The molecule has 0 fully saturated rings. The fourth-order valence-corrected chi connectivity index (χ4v) is 2.00. The van der Waals surface area contributed by atoms with Gasteiger partial charge in [-0.25, -0.2) is 8.42 Å². The van der Waals surface area contributed by atoms with Gasteiger partial charge in [0.25, 0.3) is 5.91 Å². The summed E-state index contributed by atoms with van der Waals surface area (Å²) in [6.45, 7) is 1.94. The number of aromatic nitrogens is 1. The predicted molar refractivity (Wildman–Crippen MR) is 68.8 cm³/mol. The number of nitrogens with zero attached hydrogens (tertiary/aromatic N) is 1. The summed E-state index contributed by atoms with van der Waals surface area (Å²) in [4.78, 5) is 15.7. The van der Waals surface area contributed by atoms with E-state index in [1.807, 2.05) is 0 Å². The first-order chi connectivity index (χ1) is 8.48. The first-order valence-electron chi connectivity index (χ1n) is 5.62. The maximum Gasteiger partial charge on any atom is 0.251 e. The third kappa shape index (κ3) is 4.42. The van der Waals surface area contributed by atoms with Crippen molar-refractivity contribution >= 4 is 15.7 Å². The zero-order valence-corrected chi connectivity index (χ0v) is 11.0. The zero-order valence-electron chi connectivity index (χ0n) is 10.2. The molecule has 0 aromatic carbocycles. The van der Waals surface area contributed by atoms with Crippen LogP contribution in [0.15, 0.2) is 18.3 Å². The fraction of sp³-hybridized carbons (Fsp3) is 0.455. The van der Waals surface area contributed by atoms with Gasteiger partial charge in [0.2, 0.25) is 0 Å². The third-order valence-corrected chi connectivity index (χ3v) is 4.13. The summed E-state index contributed by atoms with van der Waals surface area (Å²) in [5.74, 6) is -0.294. The molecule has 6 nitrogen and oxygen atoms in total. The molecule has 0 bridgehead atoms. The summed E-state index contributed by atoms with van der Waals surface area (Å²) in [5.41, 5.74) is 6.47. The molecule has 0 aliphatic carbocycles. The van der Waals surface area contributed by atoms with Gasteiger partial charge in [0, 0.05) is 30.6 Å². The van der Waals surface area contributed by atoms with E-state index >= 15 is 0 Å². The van der Waals surface area contributed by atoms with E-state index in [1.54, 1.807) is 19.1 Å². The lowest BCUT2D eigenvalue weighted by Crippen LogP contribution is -2.29. The quantitative estimate of drug-likeness (QED) is 0.740. The number of pyridine rings is 1. The first kappa shape index (κ1) is 14.6. The Labute approximate surface area is 107 Å². The molecule has 0 spiro atoms. The van der Waals surface area contributed by atoms with Crippen molar-refractivity contribution in [3.05, 3.63) is 29.6 Å². The lowest BCUT2D eigenvalue weighted by atomic mass is 10.2. The van der Waals surface area contributed by atoms with Gasteiger partial charge in [0.15, 0.2) is 9.84 Å². The second-order valence-corrected chi connectivity index (χ2v) is 6.20. The Hall–Kier alpha value is -1.47. The molecule has 1 amide bonds. The number of rotatable bonds is 6. The van der Waals surface area contributed by atoms with Crippen molar-refractivity contribution in [1.29, 1.82) is 0 Å². The van der Waals surface area contributed by atoms with Crippen LogP contribution in [0.1, 0.15) is 23.0 Å². The largest absolute Gasteiger partial charge is 0.351 e. The summed E-state index contributed by atoms with van der Waals surface area (Å²) in [7, 11) is -3.06. The third-order valence-electron chi connectivity index (χ3n) is 2.43. The highest BCUT2D eigenvalue weighted by Crippen LogP contribution is 2.01. The van der Waals surface area contributed by atoms with Gasteiger partial charge in [-0.15, -0.1) is 0 Å². The number of hydrogen-bond donors (Lipinski definition) is 2. The molecule has 0 saturated heterocycles. The van der Waals surface area contributed by atoms with Crippen molar-refractivity contribution in [3.63, 3.8) is 0 Å². The number of carbonyl (C=O) groups excluding carboxylic acids is 1. The van der Waals surface area contributed by atoms with E-state index < -0.39 is 9.84 Å². The maximum absolute atomic E-state index is 11.7. The Kier molecular flexibility index (Phi) is 5.24. The lowest BCUT2D eigenvalue weighted by molar-refractivity contribution is 0.0956. The molecule has 0 saturated carbocycles. The average Bonchev–Trinajstić information content (AvgIpc) is 2.38. The molecule has 18 heavy (non-hydrogen) atoms. The number of hydrogen-bond acceptors (Lipinski definition) is 5. The molecular weight excluding hydrogens is 254 g/mol. The van der Waals surface area contributed by atoms with Crippen LogP contribution in [0, 0.1) is 0 Å². The SMILES string of the molecule is CCS(=O)(=O)CCNC(=O)c1ccnc(CN)c1. The summed E-state index contributed by atoms with van der Waals surface area (Å²) in [6.07, 6.45) is 1.50. The van der Waals surface area contributed by atoms with Crippen molar-refractivity contribution in [2.75, 3.05) is 18.1 Å². The molecule has 1 rings (SSSR count). The standard InChI is InChI=1S/C11H17N3O3S/c1-2-18(16,17)6-5-14-11(15)9-3-4-13-10(7-9)8-12/h3-4,7H,2,5-6,8,12H2,1H3,(H,14,15). The predicted octanol–water partition coefficient (Wildman–Crippen LogP) is -0.295. The van der Waals surface area contributed by atoms with Crippen LogP contribution in [-0.4, -0.2) is 37.4 Å². The van der Waals surface area contributed by atoms with Crippen LogP contribution in [0.25, 0.3) is 0 Å². The highest BCUT2D eigenvalue weighted by molar-refractivity contribution is 7.91. The van der Waals surface area contributed by atoms with E-state index in [2.05, 4.69) is 10.3 Å². The van der Waals surface area contributed by atoms with Crippen molar-refractivity contribution in [2.24, 2.45) is 5.73 Å². The number of carbonyl (C=O) groups is 1. The van der Waals surface area contributed by atoms with E-state index in [4.69, 9.17) is 5.73 Å². The molecule has 0 radical (unpaired) electrons. The van der Waals surface area contributed by atoms with E-state index in [9.17, 15) is 13.2 Å². The molecule has 1 heterocycles. The molecule has 1 aromatic heterocycles. The Morgan fingerprint density at radius 3 is 2.83 bits per heavy atom. The van der Waals surface area contributed by atoms with Crippen LogP contribution in [0.3, 0.4) is 0 Å². The second-order valence-electron chi connectivity index (χ2n) is 3.73. The van der Waals surface area contributed by atoms with Crippen LogP contribution < -0.4 is 11.1 Å². The van der Waals surface area contributed by atoms with Crippen molar-refractivity contribution in [2.45, 2.75) is 13.5 Å². The topological polar surface area (TPSA) is 102 Å². The van der Waals surface area contributed by atoms with Crippen molar-refractivity contribution < 1.29 is 13.2 Å². The zero-order chi connectivity index (χ0) is 13.6. The van der Waals surface area contributed by atoms with Crippen LogP contribution in [0.5, 0.6) is 0 Å². The molecule has 7 heteroatoms. The average molecular weight is 271 g/mol. The van der Waals surface area contributed by atoms with Gasteiger partial charge in [-0.05, 0) is 12.1 Å². The van der Waals surface area contributed by atoms with Crippen molar-refractivity contribution in [3.8, 4) is 0 Å². The van der Waals surface area contributed by atoms with Crippen molar-refractivity contribution in [1.82, 2.24) is 10.3 Å². The Morgan fingerprint density at radius 2 is 2.22 bits per heavy atom.